The third-order valence-corrected chi connectivity index (χ3v) is 3.62. The first kappa shape index (κ1) is 17.0. The van der Waals surface area contributed by atoms with Gasteiger partial charge in [0, 0.05) is 19.8 Å². The third-order valence-electron chi connectivity index (χ3n) is 3.62. The molecule has 0 unspecified atom stereocenters. The summed E-state index contributed by atoms with van der Waals surface area (Å²) in [4.78, 5) is 12.1. The average Bonchev–Trinajstić information content (AvgIpc) is 2.39. The van der Waals surface area contributed by atoms with Crippen LogP contribution in [0.15, 0.2) is 24.3 Å². The molecule has 0 saturated carbocycles. The van der Waals surface area contributed by atoms with Crippen molar-refractivity contribution in [1.29, 1.82) is 0 Å². The number of aryl methyl sites for hydroxylation is 1. The van der Waals surface area contributed by atoms with E-state index in [-0.39, 0.29) is 18.3 Å². The molecule has 1 amide bonds. The first-order chi connectivity index (χ1) is 9.10. The standard InChI is InChI=1S/C15H22N2O2.ClH/c1-12-3-2-4-13(11-12)5-8-17-14(18)15(16)6-9-19-10-7-15;/h2-4,11H,5-10,16H2,1H3,(H,17,18);1H. The Hall–Kier alpha value is -1.10. The molecular weight excluding hydrogens is 276 g/mol. The van der Waals surface area contributed by atoms with Gasteiger partial charge in [0.25, 0.3) is 0 Å². The van der Waals surface area contributed by atoms with Crippen molar-refractivity contribution < 1.29 is 9.53 Å². The number of carbonyl (C=O) groups is 1. The summed E-state index contributed by atoms with van der Waals surface area (Å²) in [5.74, 6) is -0.0524. The van der Waals surface area contributed by atoms with Gasteiger partial charge in [-0.2, -0.15) is 0 Å². The number of rotatable bonds is 4. The van der Waals surface area contributed by atoms with E-state index in [4.69, 9.17) is 10.5 Å². The fourth-order valence-electron chi connectivity index (χ4n) is 2.33. The van der Waals surface area contributed by atoms with Crippen LogP contribution in [0.3, 0.4) is 0 Å². The topological polar surface area (TPSA) is 64.4 Å². The molecule has 3 N–H and O–H groups in total. The molecular formula is C15H23ClN2O2. The maximum absolute atomic E-state index is 12.1. The first-order valence-electron chi connectivity index (χ1n) is 6.81. The highest BCUT2D eigenvalue weighted by molar-refractivity contribution is 5.86. The Bertz CT molecular complexity index is 445. The second-order valence-corrected chi connectivity index (χ2v) is 5.26. The smallest absolute Gasteiger partial charge is 0.240 e. The number of benzene rings is 1. The molecule has 0 bridgehead atoms. The summed E-state index contributed by atoms with van der Waals surface area (Å²) in [7, 11) is 0. The Morgan fingerprint density at radius 1 is 1.40 bits per heavy atom. The van der Waals surface area contributed by atoms with Crippen LogP contribution >= 0.6 is 12.4 Å². The van der Waals surface area contributed by atoms with Crippen LogP contribution in [0.5, 0.6) is 0 Å². The second kappa shape index (κ2) is 7.62. The van der Waals surface area contributed by atoms with Crippen LogP contribution in [0.4, 0.5) is 0 Å². The van der Waals surface area contributed by atoms with E-state index < -0.39 is 5.54 Å². The lowest BCUT2D eigenvalue weighted by Gasteiger charge is -2.31. The van der Waals surface area contributed by atoms with Crippen molar-refractivity contribution in [3.05, 3.63) is 35.4 Å². The van der Waals surface area contributed by atoms with Crippen molar-refractivity contribution in [2.24, 2.45) is 5.73 Å². The number of halogens is 1. The number of hydrogen-bond acceptors (Lipinski definition) is 3. The lowest BCUT2D eigenvalue weighted by Crippen LogP contribution is -2.57. The SMILES string of the molecule is Cc1cccc(CCNC(=O)C2(N)CCOCC2)c1.Cl. The fourth-order valence-corrected chi connectivity index (χ4v) is 2.33. The van der Waals surface area contributed by atoms with E-state index in [0.717, 1.165) is 6.42 Å². The van der Waals surface area contributed by atoms with E-state index in [2.05, 4.69) is 30.4 Å². The minimum absolute atomic E-state index is 0. The Morgan fingerprint density at radius 3 is 2.75 bits per heavy atom. The molecule has 0 aliphatic carbocycles. The number of hydrogen-bond donors (Lipinski definition) is 2. The zero-order chi connectivity index (χ0) is 13.7. The third kappa shape index (κ3) is 4.47. The molecule has 0 atom stereocenters. The van der Waals surface area contributed by atoms with Gasteiger partial charge in [0.1, 0.15) is 0 Å². The first-order valence-corrected chi connectivity index (χ1v) is 6.81. The van der Waals surface area contributed by atoms with Crippen LogP contribution in [0.25, 0.3) is 0 Å². The Kier molecular flexibility index (Phi) is 6.46. The molecule has 0 aromatic heterocycles. The summed E-state index contributed by atoms with van der Waals surface area (Å²) >= 11 is 0. The van der Waals surface area contributed by atoms with Crippen molar-refractivity contribution in [3.63, 3.8) is 0 Å². The van der Waals surface area contributed by atoms with Crippen LogP contribution in [-0.2, 0) is 16.0 Å². The molecule has 20 heavy (non-hydrogen) atoms. The number of ether oxygens (including phenoxy) is 1. The van der Waals surface area contributed by atoms with Gasteiger partial charge in [0.15, 0.2) is 0 Å². The van der Waals surface area contributed by atoms with E-state index in [1.54, 1.807) is 0 Å². The minimum atomic E-state index is -0.745. The summed E-state index contributed by atoms with van der Waals surface area (Å²) in [6, 6.07) is 8.32. The zero-order valence-corrected chi connectivity index (χ0v) is 12.7. The van der Waals surface area contributed by atoms with E-state index >= 15 is 0 Å². The lowest BCUT2D eigenvalue weighted by atomic mass is 9.90. The van der Waals surface area contributed by atoms with Gasteiger partial charge in [-0.15, -0.1) is 12.4 Å². The van der Waals surface area contributed by atoms with Crippen LogP contribution in [0.2, 0.25) is 0 Å². The van der Waals surface area contributed by atoms with Gasteiger partial charge in [-0.05, 0) is 31.7 Å². The number of nitrogens with one attached hydrogen (secondary N) is 1. The molecule has 0 radical (unpaired) electrons. The number of amides is 1. The van der Waals surface area contributed by atoms with Crippen molar-refractivity contribution >= 4 is 18.3 Å². The Morgan fingerprint density at radius 2 is 2.10 bits per heavy atom. The lowest BCUT2D eigenvalue weighted by molar-refractivity contribution is -0.129. The molecule has 1 aromatic rings. The molecule has 0 spiro atoms. The van der Waals surface area contributed by atoms with Crippen molar-refractivity contribution in [2.75, 3.05) is 19.8 Å². The summed E-state index contributed by atoms with van der Waals surface area (Å²) in [5, 5.41) is 2.94. The molecule has 1 aliphatic rings. The van der Waals surface area contributed by atoms with Crippen LogP contribution in [0.1, 0.15) is 24.0 Å². The molecule has 2 rings (SSSR count). The highest BCUT2D eigenvalue weighted by Gasteiger charge is 2.35. The molecule has 112 valence electrons. The monoisotopic (exact) mass is 298 g/mol. The van der Waals surface area contributed by atoms with E-state index in [1.807, 2.05) is 6.07 Å². The van der Waals surface area contributed by atoms with E-state index in [9.17, 15) is 4.79 Å². The molecule has 1 heterocycles. The largest absolute Gasteiger partial charge is 0.381 e. The number of nitrogens with two attached hydrogens (primary N) is 1. The molecule has 1 saturated heterocycles. The van der Waals surface area contributed by atoms with Crippen LogP contribution in [0, 0.1) is 6.92 Å². The van der Waals surface area contributed by atoms with Gasteiger partial charge in [-0.25, -0.2) is 0 Å². The van der Waals surface area contributed by atoms with Gasteiger partial charge >= 0.3 is 0 Å². The molecule has 1 aliphatic heterocycles. The Balaban J connectivity index is 0.00000200. The highest BCUT2D eigenvalue weighted by atomic mass is 35.5. The maximum atomic E-state index is 12.1. The minimum Gasteiger partial charge on any atom is -0.381 e. The van der Waals surface area contributed by atoms with Crippen LogP contribution in [-0.4, -0.2) is 31.2 Å². The van der Waals surface area contributed by atoms with Gasteiger partial charge in [0.2, 0.25) is 5.91 Å². The molecule has 4 nitrogen and oxygen atoms in total. The molecule has 1 fully saturated rings. The van der Waals surface area contributed by atoms with Gasteiger partial charge < -0.3 is 15.8 Å². The summed E-state index contributed by atoms with van der Waals surface area (Å²) < 4.78 is 5.24. The summed E-state index contributed by atoms with van der Waals surface area (Å²) in [6.07, 6.45) is 2.03. The number of carbonyl (C=O) groups excluding carboxylic acids is 1. The zero-order valence-electron chi connectivity index (χ0n) is 11.9. The van der Waals surface area contributed by atoms with Crippen molar-refractivity contribution in [2.45, 2.75) is 31.7 Å². The van der Waals surface area contributed by atoms with Gasteiger partial charge in [-0.3, -0.25) is 4.79 Å². The Labute approximate surface area is 126 Å². The van der Waals surface area contributed by atoms with Crippen molar-refractivity contribution in [1.82, 2.24) is 5.32 Å². The molecule has 1 aromatic carbocycles. The second-order valence-electron chi connectivity index (χ2n) is 5.26. The van der Waals surface area contributed by atoms with Crippen LogP contribution < -0.4 is 11.1 Å². The normalized spacial score (nSPS) is 17.1. The highest BCUT2D eigenvalue weighted by Crippen LogP contribution is 2.17. The van der Waals surface area contributed by atoms with Crippen molar-refractivity contribution in [3.8, 4) is 0 Å². The maximum Gasteiger partial charge on any atom is 0.240 e. The average molecular weight is 299 g/mol. The predicted octanol–water partition coefficient (Wildman–Crippen LogP) is 1.58. The fraction of sp³-hybridized carbons (Fsp3) is 0.533. The summed E-state index contributed by atoms with van der Waals surface area (Å²) in [6.45, 7) is 3.84. The summed E-state index contributed by atoms with van der Waals surface area (Å²) in [5.41, 5.74) is 7.84. The van der Waals surface area contributed by atoms with E-state index in [1.165, 1.54) is 11.1 Å². The quantitative estimate of drug-likeness (QED) is 0.887. The predicted molar refractivity (Wildman–Crippen MR) is 82.1 cm³/mol. The van der Waals surface area contributed by atoms with Gasteiger partial charge in [0.05, 0.1) is 5.54 Å². The van der Waals surface area contributed by atoms with E-state index in [0.29, 0.717) is 32.6 Å². The molecule has 5 heteroatoms. The van der Waals surface area contributed by atoms with Gasteiger partial charge in [-0.1, -0.05) is 29.8 Å².